The number of carbonyl (C=O) groups is 1. The molecule has 1 heterocycles. The summed E-state index contributed by atoms with van der Waals surface area (Å²) < 4.78 is 0.547. The van der Waals surface area contributed by atoms with E-state index < -0.39 is 0 Å². The number of halogens is 1. The van der Waals surface area contributed by atoms with Crippen LogP contribution in [0.25, 0.3) is 0 Å². The molecule has 1 aromatic heterocycles. The van der Waals surface area contributed by atoms with Crippen molar-refractivity contribution in [2.24, 2.45) is 0 Å². The van der Waals surface area contributed by atoms with Gasteiger partial charge in [-0.2, -0.15) is 0 Å². The van der Waals surface area contributed by atoms with Crippen LogP contribution in [0.2, 0.25) is 0 Å². The maximum atomic E-state index is 12.0. The Kier molecular flexibility index (Phi) is 3.62. The van der Waals surface area contributed by atoms with Crippen LogP contribution in [-0.4, -0.2) is 16.0 Å². The summed E-state index contributed by atoms with van der Waals surface area (Å²) >= 11 is 3.24. The lowest BCUT2D eigenvalue weighted by atomic mass is 10.1. The molecule has 0 saturated heterocycles. The van der Waals surface area contributed by atoms with Crippen LogP contribution < -0.4 is 5.32 Å². The number of phenolic OH excluding ortho intramolecular Hbond substituents is 1. The second-order valence-electron chi connectivity index (χ2n) is 3.82. The minimum atomic E-state index is -0.370. The summed E-state index contributed by atoms with van der Waals surface area (Å²) in [6.45, 7) is 1.86. The van der Waals surface area contributed by atoms with Gasteiger partial charge in [-0.05, 0) is 47.1 Å². The lowest BCUT2D eigenvalue weighted by Gasteiger charge is -2.08. The zero-order valence-electron chi connectivity index (χ0n) is 9.64. The van der Waals surface area contributed by atoms with Crippen LogP contribution in [0.15, 0.2) is 41.1 Å². The lowest BCUT2D eigenvalue weighted by molar-refractivity contribution is 0.102. The summed E-state index contributed by atoms with van der Waals surface area (Å²) in [5, 5.41) is 12.4. The summed E-state index contributed by atoms with van der Waals surface area (Å²) in [5.41, 5.74) is 1.71. The van der Waals surface area contributed by atoms with Crippen molar-refractivity contribution in [3.63, 3.8) is 0 Å². The minimum absolute atomic E-state index is 0.0434. The number of hydrogen-bond donors (Lipinski definition) is 2. The molecule has 0 atom stereocenters. The van der Waals surface area contributed by atoms with Gasteiger partial charge in [0.25, 0.3) is 5.91 Å². The Balaban J connectivity index is 2.28. The predicted octanol–water partition coefficient (Wildman–Crippen LogP) is 3.11. The highest BCUT2D eigenvalue weighted by molar-refractivity contribution is 9.10. The van der Waals surface area contributed by atoms with Crippen molar-refractivity contribution in [3.8, 4) is 5.75 Å². The monoisotopic (exact) mass is 306 g/mol. The summed E-state index contributed by atoms with van der Waals surface area (Å²) in [7, 11) is 0. The molecular formula is C13H11BrN2O2. The molecule has 0 saturated carbocycles. The van der Waals surface area contributed by atoms with Crippen molar-refractivity contribution < 1.29 is 9.90 Å². The van der Waals surface area contributed by atoms with E-state index in [9.17, 15) is 9.90 Å². The first-order valence-corrected chi connectivity index (χ1v) is 6.08. The standard InChI is InChI=1S/C13H11BrN2O2/c1-8-4-5-11(17)9(7-8)13(18)16-10-3-2-6-15-12(10)14/h2-7,17H,1H3,(H,16,18). The number of aromatic hydroxyl groups is 1. The second kappa shape index (κ2) is 5.18. The van der Waals surface area contributed by atoms with Crippen LogP contribution in [0, 0.1) is 6.92 Å². The van der Waals surface area contributed by atoms with E-state index in [1.54, 1.807) is 30.5 Å². The number of phenols is 1. The molecule has 0 aliphatic heterocycles. The third kappa shape index (κ3) is 2.68. The third-order valence-corrected chi connectivity index (χ3v) is 3.04. The van der Waals surface area contributed by atoms with E-state index >= 15 is 0 Å². The Hall–Kier alpha value is -1.88. The number of nitrogens with one attached hydrogen (secondary N) is 1. The molecule has 1 aromatic carbocycles. The van der Waals surface area contributed by atoms with E-state index in [0.29, 0.717) is 10.3 Å². The van der Waals surface area contributed by atoms with Crippen molar-refractivity contribution >= 4 is 27.5 Å². The molecule has 1 amide bonds. The fraction of sp³-hybridized carbons (Fsp3) is 0.0769. The van der Waals surface area contributed by atoms with Crippen molar-refractivity contribution in [3.05, 3.63) is 52.3 Å². The van der Waals surface area contributed by atoms with Gasteiger partial charge in [-0.25, -0.2) is 4.98 Å². The Labute approximate surface area is 113 Å². The van der Waals surface area contributed by atoms with Gasteiger partial charge in [0.2, 0.25) is 0 Å². The van der Waals surface area contributed by atoms with Gasteiger partial charge in [-0.15, -0.1) is 0 Å². The van der Waals surface area contributed by atoms with Crippen molar-refractivity contribution in [1.82, 2.24) is 4.98 Å². The molecule has 2 N–H and O–H groups in total. The maximum absolute atomic E-state index is 12.0. The van der Waals surface area contributed by atoms with Gasteiger partial charge in [0.05, 0.1) is 11.3 Å². The fourth-order valence-electron chi connectivity index (χ4n) is 1.50. The molecule has 0 fully saturated rings. The lowest BCUT2D eigenvalue weighted by Crippen LogP contribution is -2.13. The van der Waals surface area contributed by atoms with E-state index in [-0.39, 0.29) is 17.2 Å². The Bertz CT molecular complexity index is 599. The van der Waals surface area contributed by atoms with Crippen molar-refractivity contribution in [1.29, 1.82) is 0 Å². The minimum Gasteiger partial charge on any atom is -0.507 e. The zero-order valence-corrected chi connectivity index (χ0v) is 11.2. The van der Waals surface area contributed by atoms with Gasteiger partial charge < -0.3 is 10.4 Å². The number of nitrogens with zero attached hydrogens (tertiary/aromatic N) is 1. The topological polar surface area (TPSA) is 62.2 Å². The number of carbonyl (C=O) groups excluding carboxylic acids is 1. The number of pyridine rings is 1. The van der Waals surface area contributed by atoms with Gasteiger partial charge in [-0.1, -0.05) is 11.6 Å². The normalized spacial score (nSPS) is 10.1. The highest BCUT2D eigenvalue weighted by Crippen LogP contribution is 2.22. The average molecular weight is 307 g/mol. The summed E-state index contributed by atoms with van der Waals surface area (Å²) in [6, 6.07) is 8.32. The number of hydrogen-bond acceptors (Lipinski definition) is 3. The highest BCUT2D eigenvalue weighted by atomic mass is 79.9. The molecule has 0 aliphatic rings. The highest BCUT2D eigenvalue weighted by Gasteiger charge is 2.12. The molecule has 18 heavy (non-hydrogen) atoms. The number of amides is 1. The first kappa shape index (κ1) is 12.6. The summed E-state index contributed by atoms with van der Waals surface area (Å²) in [4.78, 5) is 16.0. The Morgan fingerprint density at radius 3 is 2.89 bits per heavy atom. The Morgan fingerprint density at radius 1 is 1.39 bits per heavy atom. The van der Waals surface area contributed by atoms with E-state index in [4.69, 9.17) is 0 Å². The number of rotatable bonds is 2. The van der Waals surface area contributed by atoms with Crippen LogP contribution in [0.4, 0.5) is 5.69 Å². The van der Waals surface area contributed by atoms with Gasteiger partial charge in [0, 0.05) is 6.20 Å². The third-order valence-electron chi connectivity index (χ3n) is 2.40. The molecule has 4 nitrogen and oxygen atoms in total. The molecule has 0 aliphatic carbocycles. The van der Waals surface area contributed by atoms with Crippen LogP contribution in [0.5, 0.6) is 5.75 Å². The van der Waals surface area contributed by atoms with Gasteiger partial charge in [0.15, 0.2) is 0 Å². The zero-order chi connectivity index (χ0) is 13.1. The van der Waals surface area contributed by atoms with Crippen LogP contribution in [0.3, 0.4) is 0 Å². The molecule has 0 spiro atoms. The maximum Gasteiger partial charge on any atom is 0.259 e. The van der Waals surface area contributed by atoms with Crippen LogP contribution in [0.1, 0.15) is 15.9 Å². The van der Waals surface area contributed by atoms with E-state index in [2.05, 4.69) is 26.2 Å². The second-order valence-corrected chi connectivity index (χ2v) is 4.57. The largest absolute Gasteiger partial charge is 0.507 e. The van der Waals surface area contributed by atoms with E-state index in [1.165, 1.54) is 6.07 Å². The first-order chi connectivity index (χ1) is 8.58. The first-order valence-electron chi connectivity index (χ1n) is 5.29. The molecule has 5 heteroatoms. The molecular weight excluding hydrogens is 296 g/mol. The average Bonchev–Trinajstić information content (AvgIpc) is 2.35. The smallest absolute Gasteiger partial charge is 0.259 e. The fourth-order valence-corrected chi connectivity index (χ4v) is 1.85. The summed E-state index contributed by atoms with van der Waals surface area (Å²) in [6.07, 6.45) is 1.61. The van der Waals surface area contributed by atoms with Crippen molar-refractivity contribution in [2.75, 3.05) is 5.32 Å². The van der Waals surface area contributed by atoms with Crippen LogP contribution in [-0.2, 0) is 0 Å². The van der Waals surface area contributed by atoms with Crippen molar-refractivity contribution in [2.45, 2.75) is 6.92 Å². The quantitative estimate of drug-likeness (QED) is 0.838. The van der Waals surface area contributed by atoms with E-state index in [0.717, 1.165) is 5.56 Å². The molecule has 2 aromatic rings. The van der Waals surface area contributed by atoms with Gasteiger partial charge in [-0.3, -0.25) is 4.79 Å². The SMILES string of the molecule is Cc1ccc(O)c(C(=O)Nc2cccnc2Br)c1. The molecule has 0 unspecified atom stereocenters. The molecule has 2 rings (SSSR count). The van der Waals surface area contributed by atoms with E-state index in [1.807, 2.05) is 6.92 Å². The Morgan fingerprint density at radius 2 is 2.17 bits per heavy atom. The molecule has 92 valence electrons. The number of benzene rings is 1. The predicted molar refractivity (Wildman–Crippen MR) is 72.7 cm³/mol. The molecule has 0 radical (unpaired) electrons. The number of aromatic nitrogens is 1. The molecule has 0 bridgehead atoms. The number of aryl methyl sites for hydroxylation is 1. The van der Waals surface area contributed by atoms with Gasteiger partial charge >= 0.3 is 0 Å². The number of anilines is 1. The van der Waals surface area contributed by atoms with Crippen LogP contribution >= 0.6 is 15.9 Å². The van der Waals surface area contributed by atoms with Gasteiger partial charge in [0.1, 0.15) is 10.4 Å². The summed E-state index contributed by atoms with van der Waals surface area (Å²) in [5.74, 6) is -0.414.